The molecule has 1 aliphatic heterocycles. The van der Waals surface area contributed by atoms with Gasteiger partial charge in [0.1, 0.15) is 0 Å². The third kappa shape index (κ3) is 5.90. The average Bonchev–Trinajstić information content (AvgIpc) is 2.72. The van der Waals surface area contributed by atoms with E-state index >= 15 is 0 Å². The smallest absolute Gasteiger partial charge is 0.223 e. The number of carbonyl (C=O) groups excluding carboxylic acids is 1. The molecule has 156 valence electrons. The van der Waals surface area contributed by atoms with E-state index in [9.17, 15) is 13.2 Å². The van der Waals surface area contributed by atoms with Crippen LogP contribution in [0.4, 0.5) is 0 Å². The molecule has 1 N–H and O–H groups in total. The second kappa shape index (κ2) is 9.55. The van der Waals surface area contributed by atoms with Gasteiger partial charge in [-0.1, -0.05) is 49.4 Å². The maximum atomic E-state index is 12.8. The monoisotopic (exact) mass is 414 g/mol. The number of nitrogens with one attached hydrogen (secondary N) is 1. The number of carbonyl (C=O) groups is 1. The van der Waals surface area contributed by atoms with Crippen molar-refractivity contribution in [2.24, 2.45) is 5.92 Å². The first kappa shape index (κ1) is 21.5. The van der Waals surface area contributed by atoms with Gasteiger partial charge in [-0.15, -0.1) is 0 Å². The van der Waals surface area contributed by atoms with E-state index in [2.05, 4.69) is 34.5 Å². The molecule has 0 radical (unpaired) electrons. The summed E-state index contributed by atoms with van der Waals surface area (Å²) in [5.41, 5.74) is 2.24. The molecule has 1 heterocycles. The fourth-order valence-corrected chi connectivity index (χ4v) is 4.48. The highest BCUT2D eigenvalue weighted by atomic mass is 32.2. The molecular formula is C23H30N2O3S. The Morgan fingerprint density at radius 1 is 1.07 bits per heavy atom. The van der Waals surface area contributed by atoms with E-state index in [0.29, 0.717) is 4.90 Å². The zero-order valence-electron chi connectivity index (χ0n) is 17.2. The molecule has 0 aliphatic carbocycles. The maximum absolute atomic E-state index is 12.8. The molecule has 2 aromatic rings. The number of likely N-dealkylation sites (tertiary alicyclic amines) is 1. The molecule has 1 fully saturated rings. The van der Waals surface area contributed by atoms with Gasteiger partial charge in [0.25, 0.3) is 0 Å². The SMILES string of the molecule is CCC(NC(=O)C1CCN(Cc2ccccc2)CC1)c1ccc(S(C)(=O)=O)cc1. The Labute approximate surface area is 174 Å². The van der Waals surface area contributed by atoms with Crippen LogP contribution < -0.4 is 5.32 Å². The highest BCUT2D eigenvalue weighted by Crippen LogP contribution is 2.23. The van der Waals surface area contributed by atoms with Crippen LogP contribution in [0.15, 0.2) is 59.5 Å². The van der Waals surface area contributed by atoms with Gasteiger partial charge in [0.05, 0.1) is 10.9 Å². The molecule has 1 aliphatic rings. The van der Waals surface area contributed by atoms with Crippen molar-refractivity contribution < 1.29 is 13.2 Å². The number of amides is 1. The van der Waals surface area contributed by atoms with Gasteiger partial charge in [0.15, 0.2) is 9.84 Å². The Hall–Kier alpha value is -2.18. The van der Waals surface area contributed by atoms with Gasteiger partial charge >= 0.3 is 0 Å². The summed E-state index contributed by atoms with van der Waals surface area (Å²) in [7, 11) is -3.21. The Balaban J connectivity index is 1.54. The predicted octanol–water partition coefficient (Wildman–Crippen LogP) is 3.57. The van der Waals surface area contributed by atoms with Crippen molar-refractivity contribution in [3.8, 4) is 0 Å². The van der Waals surface area contributed by atoms with Crippen molar-refractivity contribution in [3.63, 3.8) is 0 Å². The maximum Gasteiger partial charge on any atom is 0.223 e. The Morgan fingerprint density at radius 3 is 2.24 bits per heavy atom. The summed E-state index contributed by atoms with van der Waals surface area (Å²) in [4.78, 5) is 15.5. The molecule has 1 saturated heterocycles. The van der Waals surface area contributed by atoms with Crippen molar-refractivity contribution in [2.75, 3.05) is 19.3 Å². The normalized spacial score (nSPS) is 17.0. The Kier molecular flexibility index (Phi) is 7.09. The number of rotatable bonds is 7. The van der Waals surface area contributed by atoms with Crippen molar-refractivity contribution in [2.45, 2.75) is 43.7 Å². The van der Waals surface area contributed by atoms with Crippen molar-refractivity contribution in [3.05, 3.63) is 65.7 Å². The van der Waals surface area contributed by atoms with E-state index in [1.165, 1.54) is 11.8 Å². The Bertz CT molecular complexity index is 903. The highest BCUT2D eigenvalue weighted by molar-refractivity contribution is 7.90. The lowest BCUT2D eigenvalue weighted by atomic mass is 9.94. The molecule has 2 aromatic carbocycles. The summed E-state index contributed by atoms with van der Waals surface area (Å²) in [6.45, 7) is 4.80. The zero-order chi connectivity index (χ0) is 20.9. The lowest BCUT2D eigenvalue weighted by Gasteiger charge is -2.32. The van der Waals surface area contributed by atoms with E-state index in [1.54, 1.807) is 24.3 Å². The minimum absolute atomic E-state index is 0.0337. The number of nitrogens with zero attached hydrogens (tertiary/aromatic N) is 1. The van der Waals surface area contributed by atoms with Crippen molar-refractivity contribution in [1.82, 2.24) is 10.2 Å². The first-order valence-electron chi connectivity index (χ1n) is 10.2. The number of piperidine rings is 1. The molecule has 1 amide bonds. The van der Waals surface area contributed by atoms with Crippen molar-refractivity contribution in [1.29, 1.82) is 0 Å². The minimum atomic E-state index is -3.21. The van der Waals surface area contributed by atoms with Crippen LogP contribution in [0.3, 0.4) is 0 Å². The first-order chi connectivity index (χ1) is 13.9. The number of hydrogen-bond acceptors (Lipinski definition) is 4. The van der Waals surface area contributed by atoms with Crippen LogP contribution >= 0.6 is 0 Å². The van der Waals surface area contributed by atoms with Crippen LogP contribution in [0.5, 0.6) is 0 Å². The third-order valence-corrected chi connectivity index (χ3v) is 6.77. The summed E-state index contributed by atoms with van der Waals surface area (Å²) in [5.74, 6) is 0.134. The van der Waals surface area contributed by atoms with Crippen LogP contribution in [-0.2, 0) is 21.2 Å². The van der Waals surface area contributed by atoms with E-state index in [-0.39, 0.29) is 17.9 Å². The van der Waals surface area contributed by atoms with Gasteiger partial charge < -0.3 is 5.32 Å². The number of hydrogen-bond donors (Lipinski definition) is 1. The van der Waals surface area contributed by atoms with Crippen LogP contribution in [0, 0.1) is 5.92 Å². The van der Waals surface area contributed by atoms with E-state index < -0.39 is 9.84 Å². The van der Waals surface area contributed by atoms with Gasteiger partial charge in [0.2, 0.25) is 5.91 Å². The molecule has 0 bridgehead atoms. The fraction of sp³-hybridized carbons (Fsp3) is 0.435. The lowest BCUT2D eigenvalue weighted by Crippen LogP contribution is -2.41. The molecule has 6 heteroatoms. The predicted molar refractivity (Wildman–Crippen MR) is 115 cm³/mol. The molecule has 29 heavy (non-hydrogen) atoms. The van der Waals surface area contributed by atoms with E-state index in [1.807, 2.05) is 13.0 Å². The summed E-state index contributed by atoms with van der Waals surface area (Å²) >= 11 is 0. The van der Waals surface area contributed by atoms with Gasteiger partial charge in [-0.25, -0.2) is 8.42 Å². The number of benzene rings is 2. The topological polar surface area (TPSA) is 66.5 Å². The van der Waals surface area contributed by atoms with Gasteiger partial charge in [-0.2, -0.15) is 0 Å². The quantitative estimate of drug-likeness (QED) is 0.752. The van der Waals surface area contributed by atoms with Crippen molar-refractivity contribution >= 4 is 15.7 Å². The second-order valence-electron chi connectivity index (χ2n) is 7.85. The third-order valence-electron chi connectivity index (χ3n) is 5.64. The summed E-state index contributed by atoms with van der Waals surface area (Å²) in [6.07, 6.45) is 3.69. The van der Waals surface area contributed by atoms with Gasteiger partial charge in [-0.3, -0.25) is 9.69 Å². The molecule has 0 aromatic heterocycles. The van der Waals surface area contributed by atoms with E-state index in [4.69, 9.17) is 0 Å². The summed E-state index contributed by atoms with van der Waals surface area (Å²) in [5, 5.41) is 3.17. The minimum Gasteiger partial charge on any atom is -0.349 e. The molecule has 0 saturated carbocycles. The molecule has 1 unspecified atom stereocenters. The molecule has 3 rings (SSSR count). The lowest BCUT2D eigenvalue weighted by molar-refractivity contribution is -0.127. The standard InChI is InChI=1S/C23H30N2O3S/c1-3-22(19-9-11-21(12-10-19)29(2,27)28)24-23(26)20-13-15-25(16-14-20)17-18-7-5-4-6-8-18/h4-12,20,22H,3,13-17H2,1-2H3,(H,24,26). The first-order valence-corrected chi connectivity index (χ1v) is 12.1. The highest BCUT2D eigenvalue weighted by Gasteiger charge is 2.26. The fourth-order valence-electron chi connectivity index (χ4n) is 3.85. The second-order valence-corrected chi connectivity index (χ2v) is 9.86. The number of sulfone groups is 1. The molecule has 5 nitrogen and oxygen atoms in total. The van der Waals surface area contributed by atoms with Crippen LogP contribution in [0.25, 0.3) is 0 Å². The van der Waals surface area contributed by atoms with E-state index in [0.717, 1.165) is 44.5 Å². The van der Waals surface area contributed by atoms with Crippen LogP contribution in [0.2, 0.25) is 0 Å². The molecule has 0 spiro atoms. The Morgan fingerprint density at radius 2 is 1.69 bits per heavy atom. The average molecular weight is 415 g/mol. The largest absolute Gasteiger partial charge is 0.349 e. The zero-order valence-corrected chi connectivity index (χ0v) is 18.0. The summed E-state index contributed by atoms with van der Waals surface area (Å²) in [6, 6.07) is 17.1. The molecular weight excluding hydrogens is 384 g/mol. The van der Waals surface area contributed by atoms with Crippen LogP contribution in [0.1, 0.15) is 43.4 Å². The molecule has 1 atom stereocenters. The van der Waals surface area contributed by atoms with Gasteiger partial charge in [0, 0.05) is 18.7 Å². The van der Waals surface area contributed by atoms with Gasteiger partial charge in [-0.05, 0) is 55.6 Å². The summed E-state index contributed by atoms with van der Waals surface area (Å²) < 4.78 is 23.3. The van der Waals surface area contributed by atoms with Crippen LogP contribution in [-0.4, -0.2) is 38.6 Å².